The van der Waals surface area contributed by atoms with Gasteiger partial charge in [0, 0.05) is 54.0 Å². The van der Waals surface area contributed by atoms with Crippen LogP contribution in [0.3, 0.4) is 0 Å². The van der Waals surface area contributed by atoms with Gasteiger partial charge in [0.05, 0.1) is 36.9 Å². The van der Waals surface area contributed by atoms with Crippen LogP contribution in [0, 0.1) is 5.82 Å². The van der Waals surface area contributed by atoms with Crippen molar-refractivity contribution >= 4 is 50.6 Å². The van der Waals surface area contributed by atoms with Crippen molar-refractivity contribution < 1.29 is 27.1 Å². The number of nitrogens with one attached hydrogen (secondary N) is 2. The summed E-state index contributed by atoms with van der Waals surface area (Å²) in [4.78, 5) is 23.3. The number of halogens is 2. The normalized spacial score (nSPS) is 15.9. The Labute approximate surface area is 226 Å². The zero-order valence-electron chi connectivity index (χ0n) is 21.4. The van der Waals surface area contributed by atoms with Gasteiger partial charge in [-0.15, -0.1) is 12.4 Å². The average Bonchev–Trinajstić information content (AvgIpc) is 3.03. The van der Waals surface area contributed by atoms with Gasteiger partial charge in [0.25, 0.3) is 0 Å². The summed E-state index contributed by atoms with van der Waals surface area (Å²) < 4.78 is 52.9. The van der Waals surface area contributed by atoms with Crippen LogP contribution in [0.25, 0.3) is 22.0 Å². The number of sulfonamides is 1. The number of carbonyl (C=O) groups is 1. The number of ether oxygens (including phenoxy) is 2. The topological polar surface area (TPSA) is 123 Å². The van der Waals surface area contributed by atoms with Crippen LogP contribution in [0.4, 0.5) is 15.8 Å². The van der Waals surface area contributed by atoms with Gasteiger partial charge >= 0.3 is 0 Å². The van der Waals surface area contributed by atoms with Gasteiger partial charge in [0.2, 0.25) is 21.8 Å². The van der Waals surface area contributed by atoms with E-state index in [1.165, 1.54) is 18.3 Å². The van der Waals surface area contributed by atoms with Gasteiger partial charge in [-0.1, -0.05) is 13.8 Å². The van der Waals surface area contributed by atoms with Gasteiger partial charge in [-0.3, -0.25) is 14.5 Å². The predicted octanol–water partition coefficient (Wildman–Crippen LogP) is 2.85. The molecule has 204 valence electrons. The first kappa shape index (κ1) is 28.0. The SMILES string of the molecule is CC(C)NCCOc1ncc(-c2cc3c4c(cnc3cc2F)N(C)C(=O)C42COC2)cc1NS(C)(=O)=O.Cl. The summed E-state index contributed by atoms with van der Waals surface area (Å²) in [5.41, 5.74) is 1.65. The molecule has 2 aromatic heterocycles. The molecule has 0 saturated carbocycles. The summed E-state index contributed by atoms with van der Waals surface area (Å²) >= 11 is 0. The van der Waals surface area contributed by atoms with Gasteiger partial charge in [-0.25, -0.2) is 17.8 Å². The third-order valence-corrected chi connectivity index (χ3v) is 7.13. The van der Waals surface area contributed by atoms with Crippen LogP contribution < -0.4 is 19.7 Å². The zero-order valence-corrected chi connectivity index (χ0v) is 23.0. The molecule has 1 spiro atoms. The van der Waals surface area contributed by atoms with Crippen LogP contribution in [0.5, 0.6) is 5.88 Å². The number of hydrogen-bond acceptors (Lipinski definition) is 8. The maximum Gasteiger partial charge on any atom is 0.242 e. The fourth-order valence-corrected chi connectivity index (χ4v) is 5.32. The molecule has 1 aromatic carbocycles. The quantitative estimate of drug-likeness (QED) is 0.400. The fraction of sp³-hybridized carbons (Fsp3) is 0.400. The van der Waals surface area contributed by atoms with Crippen molar-refractivity contribution in [3.05, 3.63) is 42.0 Å². The third kappa shape index (κ3) is 4.89. The van der Waals surface area contributed by atoms with Gasteiger partial charge < -0.3 is 19.7 Å². The van der Waals surface area contributed by atoms with E-state index in [-0.39, 0.29) is 61.3 Å². The molecule has 0 unspecified atom stereocenters. The van der Waals surface area contributed by atoms with Gasteiger partial charge in [0.15, 0.2) is 0 Å². The molecule has 38 heavy (non-hydrogen) atoms. The Morgan fingerprint density at radius 1 is 1.21 bits per heavy atom. The Morgan fingerprint density at radius 3 is 2.58 bits per heavy atom. The van der Waals surface area contributed by atoms with Crippen molar-refractivity contribution in [3.63, 3.8) is 0 Å². The van der Waals surface area contributed by atoms with E-state index in [1.54, 1.807) is 24.2 Å². The lowest BCUT2D eigenvalue weighted by molar-refractivity contribution is -0.139. The lowest BCUT2D eigenvalue weighted by Gasteiger charge is -2.36. The van der Waals surface area contributed by atoms with E-state index in [1.807, 2.05) is 13.8 Å². The molecule has 1 saturated heterocycles. The van der Waals surface area contributed by atoms with Crippen molar-refractivity contribution in [2.75, 3.05) is 49.3 Å². The summed E-state index contributed by atoms with van der Waals surface area (Å²) in [7, 11) is -1.98. The summed E-state index contributed by atoms with van der Waals surface area (Å²) in [6.45, 7) is 5.29. The number of benzene rings is 1. The maximum atomic E-state index is 15.3. The van der Waals surface area contributed by atoms with Gasteiger partial charge in [-0.2, -0.15) is 0 Å². The maximum absolute atomic E-state index is 15.3. The lowest BCUT2D eigenvalue weighted by Crippen LogP contribution is -2.53. The van der Waals surface area contributed by atoms with Crippen molar-refractivity contribution in [3.8, 4) is 17.0 Å². The van der Waals surface area contributed by atoms with Crippen LogP contribution in [0.15, 0.2) is 30.6 Å². The van der Waals surface area contributed by atoms with Crippen LogP contribution in [-0.2, 0) is 25.0 Å². The highest BCUT2D eigenvalue weighted by Crippen LogP contribution is 2.49. The number of pyridine rings is 2. The molecule has 2 aliphatic rings. The van der Waals surface area contributed by atoms with E-state index < -0.39 is 21.3 Å². The zero-order chi connectivity index (χ0) is 26.5. The largest absolute Gasteiger partial charge is 0.475 e. The van der Waals surface area contributed by atoms with Crippen molar-refractivity contribution in [2.24, 2.45) is 0 Å². The molecule has 4 heterocycles. The number of aromatic nitrogens is 2. The van der Waals surface area contributed by atoms with E-state index >= 15 is 4.39 Å². The highest BCUT2D eigenvalue weighted by Gasteiger charge is 2.56. The van der Waals surface area contributed by atoms with Crippen LogP contribution >= 0.6 is 12.4 Å². The molecule has 0 atom stereocenters. The number of likely N-dealkylation sites (N-methyl/N-ethyl adjacent to an activating group) is 1. The van der Waals surface area contributed by atoms with E-state index in [0.29, 0.717) is 28.7 Å². The molecular weight excluding hydrogens is 537 g/mol. The van der Waals surface area contributed by atoms with Crippen molar-refractivity contribution in [1.82, 2.24) is 15.3 Å². The number of carbonyl (C=O) groups excluding carboxylic acids is 1. The second kappa shape index (κ2) is 10.3. The smallest absolute Gasteiger partial charge is 0.242 e. The van der Waals surface area contributed by atoms with Crippen LogP contribution in [0.2, 0.25) is 0 Å². The lowest BCUT2D eigenvalue weighted by atomic mass is 9.78. The molecule has 5 rings (SSSR count). The molecule has 3 aromatic rings. The minimum Gasteiger partial charge on any atom is -0.475 e. The molecule has 2 aliphatic heterocycles. The molecular formula is C25H29ClFN5O5S. The summed E-state index contributed by atoms with van der Waals surface area (Å²) in [6, 6.07) is 4.70. The van der Waals surface area contributed by atoms with Crippen molar-refractivity contribution in [2.45, 2.75) is 25.3 Å². The monoisotopic (exact) mass is 565 g/mol. The summed E-state index contributed by atoms with van der Waals surface area (Å²) in [5, 5.41) is 3.84. The Bertz CT molecular complexity index is 1510. The van der Waals surface area contributed by atoms with Crippen LogP contribution in [0.1, 0.15) is 19.4 Å². The molecule has 13 heteroatoms. The number of fused-ring (bicyclic) bond motifs is 4. The number of hydrogen-bond donors (Lipinski definition) is 2. The van der Waals surface area contributed by atoms with E-state index in [9.17, 15) is 13.2 Å². The number of nitrogens with zero attached hydrogens (tertiary/aromatic N) is 3. The third-order valence-electron chi connectivity index (χ3n) is 6.54. The first-order valence-corrected chi connectivity index (χ1v) is 13.7. The second-order valence-corrected chi connectivity index (χ2v) is 11.5. The summed E-state index contributed by atoms with van der Waals surface area (Å²) in [6.07, 6.45) is 4.03. The number of anilines is 2. The van der Waals surface area contributed by atoms with Gasteiger partial charge in [-0.05, 0) is 12.1 Å². The highest BCUT2D eigenvalue weighted by molar-refractivity contribution is 7.92. The molecule has 1 fully saturated rings. The molecule has 2 N–H and O–H groups in total. The first-order chi connectivity index (χ1) is 17.5. The Hall–Kier alpha value is -3.06. The standard InChI is InChI=1S/C25H28FN5O5S.ClH/c1-14(2)27-5-6-36-23-20(30-37(4,33)34)7-15(10-29-23)16-8-17-19(9-18(16)26)28-11-21-22(17)25(12-35-13-25)24(32)31(21)3;/h7-11,14,27,30H,5-6,12-13H2,1-4H3;1H. The Balaban J connectivity index is 0.00000336. The molecule has 0 radical (unpaired) electrons. The first-order valence-electron chi connectivity index (χ1n) is 11.8. The van der Waals surface area contributed by atoms with Crippen LogP contribution in [-0.4, -0.2) is 70.0 Å². The average molecular weight is 566 g/mol. The fourth-order valence-electron chi connectivity index (χ4n) is 4.78. The number of amides is 1. The molecule has 0 bridgehead atoms. The van der Waals surface area contributed by atoms with E-state index in [2.05, 4.69) is 20.0 Å². The summed E-state index contributed by atoms with van der Waals surface area (Å²) in [5.74, 6) is -0.552. The van der Waals surface area contributed by atoms with E-state index in [0.717, 1.165) is 11.8 Å². The Kier molecular flexibility index (Phi) is 7.54. The Morgan fingerprint density at radius 2 is 1.95 bits per heavy atom. The molecule has 10 nitrogen and oxygen atoms in total. The second-order valence-electron chi connectivity index (χ2n) is 9.71. The predicted molar refractivity (Wildman–Crippen MR) is 145 cm³/mol. The van der Waals surface area contributed by atoms with E-state index in [4.69, 9.17) is 9.47 Å². The van der Waals surface area contributed by atoms with Gasteiger partial charge in [0.1, 0.15) is 23.5 Å². The minimum absolute atomic E-state index is 0. The molecule has 0 aliphatic carbocycles. The minimum atomic E-state index is -3.67. The number of rotatable bonds is 8. The highest BCUT2D eigenvalue weighted by atomic mass is 35.5. The van der Waals surface area contributed by atoms with Crippen molar-refractivity contribution in [1.29, 1.82) is 0 Å². The molecule has 1 amide bonds.